The molecule has 2 aromatic carbocycles. The first-order chi connectivity index (χ1) is 12.6. The van der Waals surface area contributed by atoms with Gasteiger partial charge in [-0.1, -0.05) is 53.5 Å². The summed E-state index contributed by atoms with van der Waals surface area (Å²) in [5, 5.41) is 8.36. The topological polar surface area (TPSA) is 43.6 Å². The van der Waals surface area contributed by atoms with E-state index in [1.165, 1.54) is 0 Å². The fourth-order valence-corrected chi connectivity index (χ4v) is 3.83. The Kier molecular flexibility index (Phi) is 3.39. The van der Waals surface area contributed by atoms with Gasteiger partial charge in [0.05, 0.1) is 37.8 Å². The van der Waals surface area contributed by atoms with Gasteiger partial charge in [0.2, 0.25) is 0 Å². The van der Waals surface area contributed by atoms with Gasteiger partial charge in [-0.25, -0.2) is 14.6 Å². The first-order valence-corrected chi connectivity index (χ1v) is 8.88. The number of pyridine rings is 2. The average Bonchev–Trinajstić information content (AvgIpc) is 3.01. The van der Waals surface area contributed by atoms with Gasteiger partial charge in [-0.15, -0.1) is 0 Å². The molecule has 0 aliphatic heterocycles. The summed E-state index contributed by atoms with van der Waals surface area (Å²) in [7, 11) is 0. The van der Waals surface area contributed by atoms with Crippen molar-refractivity contribution >= 4 is 56.0 Å². The summed E-state index contributed by atoms with van der Waals surface area (Å²) >= 11 is 13.0. The van der Waals surface area contributed by atoms with Crippen molar-refractivity contribution in [3.8, 4) is 5.69 Å². The molecule has 4 nitrogen and oxygen atoms in total. The number of hydrogen-bond donors (Lipinski definition) is 0. The van der Waals surface area contributed by atoms with Crippen molar-refractivity contribution in [1.29, 1.82) is 0 Å². The van der Waals surface area contributed by atoms with Crippen molar-refractivity contribution in [2.75, 3.05) is 0 Å². The molecule has 26 heavy (non-hydrogen) atoms. The molecule has 0 amide bonds. The van der Waals surface area contributed by atoms with Crippen molar-refractivity contribution in [2.45, 2.75) is 6.92 Å². The molecule has 5 rings (SSSR count). The van der Waals surface area contributed by atoms with E-state index < -0.39 is 0 Å². The fraction of sp³-hybridized carbons (Fsp3) is 0.0500. The highest BCUT2D eigenvalue weighted by Gasteiger charge is 2.18. The lowest BCUT2D eigenvalue weighted by atomic mass is 10.1. The van der Waals surface area contributed by atoms with Crippen LogP contribution in [-0.2, 0) is 0 Å². The third-order valence-corrected chi connectivity index (χ3v) is 5.24. The summed E-state index contributed by atoms with van der Waals surface area (Å²) in [6.45, 7) is 1.95. The molecule has 0 bridgehead atoms. The lowest BCUT2D eigenvalue weighted by molar-refractivity contribution is 0.878. The smallest absolute Gasteiger partial charge is 0.165 e. The molecule has 3 aromatic heterocycles. The van der Waals surface area contributed by atoms with Crippen LogP contribution in [0.1, 0.15) is 5.69 Å². The number of para-hydroxylation sites is 2. The second-order valence-corrected chi connectivity index (χ2v) is 6.90. The monoisotopic (exact) mass is 378 g/mol. The van der Waals surface area contributed by atoms with Gasteiger partial charge in [0.15, 0.2) is 5.65 Å². The van der Waals surface area contributed by atoms with E-state index in [9.17, 15) is 0 Å². The van der Waals surface area contributed by atoms with Crippen LogP contribution < -0.4 is 0 Å². The Morgan fingerprint density at radius 1 is 0.885 bits per heavy atom. The van der Waals surface area contributed by atoms with Crippen molar-refractivity contribution in [1.82, 2.24) is 19.7 Å². The van der Waals surface area contributed by atoms with Crippen molar-refractivity contribution < 1.29 is 0 Å². The number of aryl methyl sites for hydroxylation is 1. The molecule has 6 heteroatoms. The second-order valence-electron chi connectivity index (χ2n) is 6.11. The Balaban J connectivity index is 1.96. The van der Waals surface area contributed by atoms with E-state index >= 15 is 0 Å². The van der Waals surface area contributed by atoms with Gasteiger partial charge in [-0.05, 0) is 25.1 Å². The van der Waals surface area contributed by atoms with Gasteiger partial charge < -0.3 is 0 Å². The molecule has 0 spiro atoms. The van der Waals surface area contributed by atoms with Crippen LogP contribution >= 0.6 is 23.2 Å². The zero-order valence-corrected chi connectivity index (χ0v) is 15.3. The van der Waals surface area contributed by atoms with Crippen LogP contribution in [-0.4, -0.2) is 19.7 Å². The highest BCUT2D eigenvalue weighted by atomic mass is 35.5. The normalized spacial score (nSPS) is 11.7. The van der Waals surface area contributed by atoms with Crippen LogP contribution in [0, 0.1) is 6.92 Å². The SMILES string of the molecule is Cc1nn(-c2ccccc2)c2ncc3c(Cl)c4cccc(Cl)c4nc3c12. The second kappa shape index (κ2) is 5.66. The van der Waals surface area contributed by atoms with E-state index in [0.29, 0.717) is 15.6 Å². The Bertz CT molecular complexity index is 1310. The third kappa shape index (κ3) is 2.13. The van der Waals surface area contributed by atoms with Gasteiger partial charge in [-0.2, -0.15) is 5.10 Å². The summed E-state index contributed by atoms with van der Waals surface area (Å²) in [5.74, 6) is 0. The molecule has 0 fully saturated rings. The molecule has 0 saturated heterocycles. The molecular formula is C20H12Cl2N4. The average molecular weight is 379 g/mol. The molecule has 0 aliphatic rings. The molecule has 0 unspecified atom stereocenters. The summed E-state index contributed by atoms with van der Waals surface area (Å²) in [4.78, 5) is 9.46. The van der Waals surface area contributed by atoms with E-state index in [1.807, 2.05) is 60.1 Å². The van der Waals surface area contributed by atoms with E-state index in [1.54, 1.807) is 6.20 Å². The molecule has 5 aromatic rings. The van der Waals surface area contributed by atoms with Gasteiger partial charge in [0.25, 0.3) is 0 Å². The number of benzene rings is 2. The maximum absolute atomic E-state index is 6.66. The van der Waals surface area contributed by atoms with Crippen LogP contribution in [0.2, 0.25) is 10.0 Å². The van der Waals surface area contributed by atoms with E-state index in [0.717, 1.165) is 38.7 Å². The number of fused-ring (bicyclic) bond motifs is 4. The highest BCUT2D eigenvalue weighted by molar-refractivity contribution is 6.43. The van der Waals surface area contributed by atoms with E-state index in [-0.39, 0.29) is 0 Å². The maximum Gasteiger partial charge on any atom is 0.165 e. The molecule has 0 aliphatic carbocycles. The van der Waals surface area contributed by atoms with E-state index in [4.69, 9.17) is 28.2 Å². The standard InChI is InChI=1S/C20H12Cl2N4/c1-11-16-19-14(17(22)13-8-5-9-15(21)18(13)24-19)10-23-20(16)26(25-11)12-6-3-2-4-7-12/h2-10H,1H3. The largest absolute Gasteiger partial charge is 0.245 e. The predicted molar refractivity (Wildman–Crippen MR) is 106 cm³/mol. The summed E-state index contributed by atoms with van der Waals surface area (Å²) in [5.41, 5.74) is 3.99. The molecular weight excluding hydrogens is 367 g/mol. The lowest BCUT2D eigenvalue weighted by Crippen LogP contribution is -1.97. The van der Waals surface area contributed by atoms with E-state index in [2.05, 4.69) is 10.1 Å². The van der Waals surface area contributed by atoms with Crippen molar-refractivity contribution in [3.63, 3.8) is 0 Å². The molecule has 0 atom stereocenters. The van der Waals surface area contributed by atoms with Gasteiger partial charge >= 0.3 is 0 Å². The van der Waals surface area contributed by atoms with Gasteiger partial charge in [0.1, 0.15) is 0 Å². The fourth-order valence-electron chi connectivity index (χ4n) is 3.32. The highest BCUT2D eigenvalue weighted by Crippen LogP contribution is 2.36. The molecule has 3 heterocycles. The first-order valence-electron chi connectivity index (χ1n) is 8.12. The summed E-state index contributed by atoms with van der Waals surface area (Å²) < 4.78 is 1.83. The van der Waals surface area contributed by atoms with Crippen LogP contribution in [0.3, 0.4) is 0 Å². The number of halogens is 2. The summed E-state index contributed by atoms with van der Waals surface area (Å²) in [6, 6.07) is 15.5. The first kappa shape index (κ1) is 15.6. The van der Waals surface area contributed by atoms with Gasteiger partial charge in [0, 0.05) is 17.0 Å². The number of nitrogens with zero attached hydrogens (tertiary/aromatic N) is 4. The van der Waals surface area contributed by atoms with Crippen molar-refractivity contribution in [3.05, 3.63) is 70.5 Å². The minimum Gasteiger partial charge on any atom is -0.245 e. The minimum atomic E-state index is 0.573. The van der Waals surface area contributed by atoms with Gasteiger partial charge in [-0.3, -0.25) is 0 Å². The quantitative estimate of drug-likeness (QED) is 0.349. The van der Waals surface area contributed by atoms with Crippen LogP contribution in [0.5, 0.6) is 0 Å². The van der Waals surface area contributed by atoms with Crippen LogP contribution in [0.4, 0.5) is 0 Å². The third-order valence-electron chi connectivity index (χ3n) is 4.53. The number of hydrogen-bond acceptors (Lipinski definition) is 3. The Hall–Kier alpha value is -2.69. The molecule has 0 saturated carbocycles. The summed E-state index contributed by atoms with van der Waals surface area (Å²) in [6.07, 6.45) is 1.76. The Labute approximate surface area is 159 Å². The molecule has 0 N–H and O–H groups in total. The molecule has 126 valence electrons. The number of rotatable bonds is 1. The zero-order valence-electron chi connectivity index (χ0n) is 13.7. The van der Waals surface area contributed by atoms with Crippen LogP contribution in [0.25, 0.3) is 38.5 Å². The Morgan fingerprint density at radius 2 is 1.69 bits per heavy atom. The zero-order chi connectivity index (χ0) is 17.8. The minimum absolute atomic E-state index is 0.573. The molecule has 0 radical (unpaired) electrons. The maximum atomic E-state index is 6.66. The van der Waals surface area contributed by atoms with Crippen LogP contribution in [0.15, 0.2) is 54.7 Å². The lowest BCUT2D eigenvalue weighted by Gasteiger charge is -2.08. The Morgan fingerprint density at radius 3 is 2.50 bits per heavy atom. The number of aromatic nitrogens is 4. The van der Waals surface area contributed by atoms with Crippen molar-refractivity contribution in [2.24, 2.45) is 0 Å². The predicted octanol–water partition coefficient (Wildman–Crippen LogP) is 5.74.